The molecule has 1 aliphatic carbocycles. The van der Waals surface area contributed by atoms with Gasteiger partial charge in [0.2, 0.25) is 0 Å². The van der Waals surface area contributed by atoms with Gasteiger partial charge >= 0.3 is 0 Å². The van der Waals surface area contributed by atoms with Gasteiger partial charge in [-0.2, -0.15) is 0 Å². The van der Waals surface area contributed by atoms with Crippen LogP contribution >= 0.6 is 0 Å². The number of aliphatic hydroxyl groups is 1. The van der Waals surface area contributed by atoms with E-state index < -0.39 is 5.60 Å². The lowest BCUT2D eigenvalue weighted by molar-refractivity contribution is -0.106. The number of rotatable bonds is 5. The summed E-state index contributed by atoms with van der Waals surface area (Å²) >= 11 is 0. The molecule has 0 amide bonds. The van der Waals surface area contributed by atoms with Crippen molar-refractivity contribution in [3.05, 3.63) is 48.0 Å². The van der Waals surface area contributed by atoms with Crippen LogP contribution in [0.4, 0.5) is 0 Å². The molecule has 126 valence electrons. The van der Waals surface area contributed by atoms with Crippen LogP contribution in [0.2, 0.25) is 0 Å². The Morgan fingerprint density at radius 2 is 1.87 bits per heavy atom. The molecule has 23 heavy (non-hydrogen) atoms. The Hall–Kier alpha value is -1.12. The Bertz CT molecular complexity index is 506. The molecule has 0 bridgehead atoms. The van der Waals surface area contributed by atoms with Crippen molar-refractivity contribution >= 4 is 0 Å². The van der Waals surface area contributed by atoms with Crippen molar-refractivity contribution in [3.63, 3.8) is 0 Å². The molecule has 1 heterocycles. The van der Waals surface area contributed by atoms with Crippen molar-refractivity contribution in [2.24, 2.45) is 5.92 Å². The van der Waals surface area contributed by atoms with E-state index in [0.717, 1.165) is 44.3 Å². The van der Waals surface area contributed by atoms with Gasteiger partial charge in [0.15, 0.2) is 0 Å². The third kappa shape index (κ3) is 3.39. The number of hydrogen-bond donors (Lipinski definition) is 1. The van der Waals surface area contributed by atoms with E-state index in [0.29, 0.717) is 5.92 Å². The molecule has 1 aromatic rings. The van der Waals surface area contributed by atoms with E-state index in [4.69, 9.17) is 0 Å². The quantitative estimate of drug-likeness (QED) is 0.809. The predicted molar refractivity (Wildman–Crippen MR) is 96.3 cm³/mol. The molecule has 0 saturated heterocycles. The Morgan fingerprint density at radius 1 is 1.13 bits per heavy atom. The summed E-state index contributed by atoms with van der Waals surface area (Å²) in [4.78, 5) is 2.50. The Balaban J connectivity index is 1.97. The highest BCUT2D eigenvalue weighted by molar-refractivity contribution is 5.26. The molecule has 2 unspecified atom stereocenters. The summed E-state index contributed by atoms with van der Waals surface area (Å²) in [6, 6.07) is 10.7. The molecule has 1 fully saturated rings. The highest BCUT2D eigenvalue weighted by Gasteiger charge is 2.46. The number of hydrogen-bond acceptors (Lipinski definition) is 2. The first-order valence-corrected chi connectivity index (χ1v) is 9.43. The molecule has 2 heteroatoms. The van der Waals surface area contributed by atoms with Crippen LogP contribution < -0.4 is 0 Å². The van der Waals surface area contributed by atoms with E-state index in [1.54, 1.807) is 0 Å². The van der Waals surface area contributed by atoms with Crippen molar-refractivity contribution in [1.29, 1.82) is 0 Å². The average Bonchev–Trinajstić information content (AvgIpc) is 2.64. The second kappa shape index (κ2) is 7.63. The Kier molecular flexibility index (Phi) is 5.55. The van der Waals surface area contributed by atoms with Crippen molar-refractivity contribution in [1.82, 2.24) is 4.90 Å². The number of benzene rings is 1. The fourth-order valence-corrected chi connectivity index (χ4v) is 4.74. The third-order valence-corrected chi connectivity index (χ3v) is 5.89. The molecule has 0 aromatic heterocycles. The highest BCUT2D eigenvalue weighted by Crippen LogP contribution is 2.44. The van der Waals surface area contributed by atoms with Gasteiger partial charge in [-0.25, -0.2) is 0 Å². The molecule has 1 saturated carbocycles. The highest BCUT2D eigenvalue weighted by atomic mass is 16.3. The predicted octanol–water partition coefficient (Wildman–Crippen LogP) is 4.50. The molecule has 3 rings (SSSR count). The zero-order chi connectivity index (χ0) is 16.1. The van der Waals surface area contributed by atoms with Gasteiger partial charge in [0, 0.05) is 19.1 Å². The molecule has 2 atom stereocenters. The first-order valence-electron chi connectivity index (χ1n) is 9.43. The second-order valence-corrected chi connectivity index (χ2v) is 7.21. The lowest BCUT2D eigenvalue weighted by atomic mass is 9.68. The van der Waals surface area contributed by atoms with E-state index in [1.807, 2.05) is 0 Å². The normalized spacial score (nSPS) is 24.3. The molecule has 2 nitrogen and oxygen atoms in total. The summed E-state index contributed by atoms with van der Waals surface area (Å²) in [7, 11) is 0. The van der Waals surface area contributed by atoms with Gasteiger partial charge in [-0.3, -0.25) is 4.90 Å². The molecular formula is C21H31NO. The van der Waals surface area contributed by atoms with Crippen LogP contribution in [-0.2, 0) is 5.60 Å². The lowest BCUT2D eigenvalue weighted by Gasteiger charge is -2.48. The molecule has 2 aliphatic rings. The molecule has 1 aromatic carbocycles. The van der Waals surface area contributed by atoms with E-state index in [1.165, 1.54) is 19.3 Å². The smallest absolute Gasteiger partial charge is 0.108 e. The summed E-state index contributed by atoms with van der Waals surface area (Å²) < 4.78 is 0. The monoisotopic (exact) mass is 313 g/mol. The standard InChI is InChI=1S/C21H31NO/c1-2-20(22-16-10-5-11-17-22)21(23,18-12-6-3-7-13-18)19-14-8-4-9-15-19/h3,5-7,10,12-13,19-20,23H,2,4,8-9,11,14-17H2,1H3. The van der Waals surface area contributed by atoms with E-state index >= 15 is 0 Å². The van der Waals surface area contributed by atoms with Gasteiger partial charge in [0.1, 0.15) is 5.60 Å². The first kappa shape index (κ1) is 16.7. The second-order valence-electron chi connectivity index (χ2n) is 7.21. The average molecular weight is 313 g/mol. The van der Waals surface area contributed by atoms with Crippen molar-refractivity contribution in [2.75, 3.05) is 13.1 Å². The van der Waals surface area contributed by atoms with Gasteiger partial charge in [-0.1, -0.05) is 68.7 Å². The summed E-state index contributed by atoms with van der Waals surface area (Å²) in [5.74, 6) is 0.384. The van der Waals surface area contributed by atoms with Crippen molar-refractivity contribution < 1.29 is 5.11 Å². The minimum atomic E-state index is -0.721. The third-order valence-electron chi connectivity index (χ3n) is 5.89. The van der Waals surface area contributed by atoms with Crippen LogP contribution in [0.15, 0.2) is 42.5 Å². The van der Waals surface area contributed by atoms with Crippen LogP contribution in [0.3, 0.4) is 0 Å². The molecule has 0 radical (unpaired) electrons. The van der Waals surface area contributed by atoms with E-state index in [2.05, 4.69) is 54.3 Å². The van der Waals surface area contributed by atoms with E-state index in [-0.39, 0.29) is 6.04 Å². The van der Waals surface area contributed by atoms with E-state index in [9.17, 15) is 5.11 Å². The zero-order valence-corrected chi connectivity index (χ0v) is 14.5. The first-order chi connectivity index (χ1) is 11.3. The van der Waals surface area contributed by atoms with Gasteiger partial charge < -0.3 is 5.11 Å². The Labute approximate surface area is 141 Å². The van der Waals surface area contributed by atoms with Crippen LogP contribution in [-0.4, -0.2) is 29.1 Å². The fourth-order valence-electron chi connectivity index (χ4n) is 4.74. The van der Waals surface area contributed by atoms with Gasteiger partial charge in [0.05, 0.1) is 0 Å². The maximum atomic E-state index is 12.1. The van der Waals surface area contributed by atoms with Crippen LogP contribution in [0.25, 0.3) is 0 Å². The zero-order valence-electron chi connectivity index (χ0n) is 14.5. The summed E-state index contributed by atoms with van der Waals surface area (Å²) in [6.45, 7) is 4.27. The van der Waals surface area contributed by atoms with Crippen molar-refractivity contribution in [2.45, 2.75) is 63.5 Å². The largest absolute Gasteiger partial charge is 0.383 e. The minimum absolute atomic E-state index is 0.206. The van der Waals surface area contributed by atoms with Crippen molar-refractivity contribution in [3.8, 4) is 0 Å². The van der Waals surface area contributed by atoms with Gasteiger partial charge in [0.25, 0.3) is 0 Å². The maximum absolute atomic E-state index is 12.1. The molecule has 0 spiro atoms. The molecular weight excluding hydrogens is 282 g/mol. The lowest BCUT2D eigenvalue weighted by Crippen LogP contribution is -2.55. The van der Waals surface area contributed by atoms with Gasteiger partial charge in [-0.15, -0.1) is 0 Å². The summed E-state index contributed by atoms with van der Waals surface area (Å²) in [5.41, 5.74) is 0.398. The summed E-state index contributed by atoms with van der Waals surface area (Å²) in [5, 5.41) is 12.1. The molecule has 1 N–H and O–H groups in total. The fraction of sp³-hybridized carbons (Fsp3) is 0.619. The maximum Gasteiger partial charge on any atom is 0.108 e. The SMILES string of the molecule is CCC(N1CC=CCC1)C(O)(c1ccccc1)C1CCCCC1. The Morgan fingerprint density at radius 3 is 2.48 bits per heavy atom. The van der Waals surface area contributed by atoms with Crippen LogP contribution in [0, 0.1) is 5.92 Å². The summed E-state index contributed by atoms with van der Waals surface area (Å²) in [6.07, 6.45) is 12.8. The topological polar surface area (TPSA) is 23.5 Å². The van der Waals surface area contributed by atoms with Crippen LogP contribution in [0.1, 0.15) is 57.4 Å². The minimum Gasteiger partial charge on any atom is -0.383 e. The van der Waals surface area contributed by atoms with Gasteiger partial charge in [-0.05, 0) is 37.2 Å². The van der Waals surface area contributed by atoms with Crippen LogP contribution in [0.5, 0.6) is 0 Å². The molecule has 1 aliphatic heterocycles. The number of nitrogens with zero attached hydrogens (tertiary/aromatic N) is 1.